The SMILES string of the molecule is Nc1cnccc1NC(=O)CCOCC(F)F. The highest BCUT2D eigenvalue weighted by Gasteiger charge is 2.06. The van der Waals surface area contributed by atoms with Crippen molar-refractivity contribution in [2.75, 3.05) is 24.3 Å². The average Bonchev–Trinajstić information content (AvgIpc) is 2.27. The summed E-state index contributed by atoms with van der Waals surface area (Å²) in [5, 5.41) is 2.53. The number of hydrogen-bond acceptors (Lipinski definition) is 4. The number of carbonyl (C=O) groups is 1. The van der Waals surface area contributed by atoms with Crippen LogP contribution < -0.4 is 11.1 Å². The zero-order valence-electron chi connectivity index (χ0n) is 9.03. The van der Waals surface area contributed by atoms with E-state index in [4.69, 9.17) is 5.73 Å². The molecular formula is C10H13F2N3O2. The molecule has 1 amide bonds. The number of pyridine rings is 1. The number of nitrogens with one attached hydrogen (secondary N) is 1. The Hall–Kier alpha value is -1.76. The van der Waals surface area contributed by atoms with Gasteiger partial charge in [-0.05, 0) is 6.07 Å². The smallest absolute Gasteiger partial charge is 0.261 e. The van der Waals surface area contributed by atoms with E-state index >= 15 is 0 Å². The Bertz CT molecular complexity index is 374. The molecule has 0 aliphatic heterocycles. The maximum atomic E-state index is 11.7. The minimum atomic E-state index is -2.52. The monoisotopic (exact) mass is 245 g/mol. The van der Waals surface area contributed by atoms with E-state index in [2.05, 4.69) is 15.0 Å². The molecular weight excluding hydrogens is 232 g/mol. The van der Waals surface area contributed by atoms with Crippen molar-refractivity contribution in [2.24, 2.45) is 0 Å². The molecule has 94 valence electrons. The first-order valence-electron chi connectivity index (χ1n) is 4.95. The van der Waals surface area contributed by atoms with Crippen molar-refractivity contribution >= 4 is 17.3 Å². The van der Waals surface area contributed by atoms with Gasteiger partial charge in [-0.25, -0.2) is 8.78 Å². The molecule has 1 heterocycles. The molecule has 0 saturated carbocycles. The minimum absolute atomic E-state index is 0.00547. The van der Waals surface area contributed by atoms with E-state index in [0.29, 0.717) is 11.4 Å². The number of ether oxygens (including phenoxy) is 1. The summed E-state index contributed by atoms with van der Waals surface area (Å²) in [5.74, 6) is -0.350. The van der Waals surface area contributed by atoms with Crippen LogP contribution in [0.25, 0.3) is 0 Å². The van der Waals surface area contributed by atoms with Crippen LogP contribution in [0.5, 0.6) is 0 Å². The van der Waals surface area contributed by atoms with Crippen LogP contribution in [0.1, 0.15) is 6.42 Å². The maximum absolute atomic E-state index is 11.7. The van der Waals surface area contributed by atoms with Crippen LogP contribution in [0.2, 0.25) is 0 Å². The molecule has 0 bridgehead atoms. The highest BCUT2D eigenvalue weighted by molar-refractivity contribution is 5.93. The van der Waals surface area contributed by atoms with Gasteiger partial charge in [-0.1, -0.05) is 0 Å². The standard InChI is InChI=1S/C10H13F2N3O2/c11-9(12)6-17-4-2-10(16)15-8-1-3-14-5-7(8)13/h1,3,5,9H,2,4,6,13H2,(H,14,15,16). The van der Waals surface area contributed by atoms with Gasteiger partial charge in [-0.3, -0.25) is 9.78 Å². The molecule has 0 fully saturated rings. The van der Waals surface area contributed by atoms with Gasteiger partial charge in [0.25, 0.3) is 6.43 Å². The van der Waals surface area contributed by atoms with Crippen molar-refractivity contribution in [1.29, 1.82) is 0 Å². The van der Waals surface area contributed by atoms with E-state index in [1.807, 2.05) is 0 Å². The van der Waals surface area contributed by atoms with E-state index in [9.17, 15) is 13.6 Å². The molecule has 0 atom stereocenters. The van der Waals surface area contributed by atoms with Crippen molar-refractivity contribution in [3.05, 3.63) is 18.5 Å². The average molecular weight is 245 g/mol. The van der Waals surface area contributed by atoms with E-state index in [0.717, 1.165) is 0 Å². The summed E-state index contributed by atoms with van der Waals surface area (Å²) in [6.45, 7) is -0.716. The molecule has 1 aromatic rings. The van der Waals surface area contributed by atoms with Crippen LogP contribution >= 0.6 is 0 Å². The maximum Gasteiger partial charge on any atom is 0.261 e. The molecule has 3 N–H and O–H groups in total. The van der Waals surface area contributed by atoms with Gasteiger partial charge in [-0.15, -0.1) is 0 Å². The lowest BCUT2D eigenvalue weighted by atomic mass is 10.3. The number of rotatable bonds is 6. The Labute approximate surface area is 97.0 Å². The van der Waals surface area contributed by atoms with Crippen molar-refractivity contribution in [1.82, 2.24) is 4.98 Å². The summed E-state index contributed by atoms with van der Waals surface area (Å²) in [4.78, 5) is 15.1. The summed E-state index contributed by atoms with van der Waals surface area (Å²) in [5.41, 5.74) is 6.34. The van der Waals surface area contributed by atoms with E-state index < -0.39 is 13.0 Å². The molecule has 1 rings (SSSR count). The first-order valence-corrected chi connectivity index (χ1v) is 4.95. The Morgan fingerprint density at radius 2 is 2.35 bits per heavy atom. The summed E-state index contributed by atoms with van der Waals surface area (Å²) < 4.78 is 28.0. The van der Waals surface area contributed by atoms with Crippen molar-refractivity contribution < 1.29 is 18.3 Å². The second-order valence-corrected chi connectivity index (χ2v) is 3.23. The Kier molecular flexibility index (Phi) is 5.28. The normalized spacial score (nSPS) is 10.5. The third-order valence-corrected chi connectivity index (χ3v) is 1.84. The number of anilines is 2. The van der Waals surface area contributed by atoms with Gasteiger partial charge in [0.05, 0.1) is 30.6 Å². The summed E-state index contributed by atoms with van der Waals surface area (Å²) in [6, 6.07) is 1.55. The molecule has 0 spiro atoms. The summed E-state index contributed by atoms with van der Waals surface area (Å²) in [6.07, 6.45) is 0.366. The third kappa shape index (κ3) is 5.21. The number of alkyl halides is 2. The molecule has 5 nitrogen and oxygen atoms in total. The van der Waals surface area contributed by atoms with Gasteiger partial charge in [0.15, 0.2) is 0 Å². The predicted molar refractivity (Wildman–Crippen MR) is 58.7 cm³/mol. The summed E-state index contributed by atoms with van der Waals surface area (Å²) in [7, 11) is 0. The second-order valence-electron chi connectivity index (χ2n) is 3.23. The van der Waals surface area contributed by atoms with Gasteiger partial charge in [-0.2, -0.15) is 0 Å². The lowest BCUT2D eigenvalue weighted by Gasteiger charge is -2.07. The molecule has 17 heavy (non-hydrogen) atoms. The highest BCUT2D eigenvalue weighted by Crippen LogP contribution is 2.15. The molecule has 7 heteroatoms. The number of nitrogens with two attached hydrogens (primary N) is 1. The molecule has 0 unspecified atom stereocenters. The first kappa shape index (κ1) is 13.3. The molecule has 0 aliphatic carbocycles. The number of halogens is 2. The molecule has 1 aromatic heterocycles. The number of aromatic nitrogens is 1. The van der Waals surface area contributed by atoms with Crippen LogP contribution in [-0.2, 0) is 9.53 Å². The lowest BCUT2D eigenvalue weighted by Crippen LogP contribution is -2.16. The number of nitrogens with zero attached hydrogens (tertiary/aromatic N) is 1. The van der Waals surface area contributed by atoms with E-state index in [1.54, 1.807) is 6.07 Å². The second kappa shape index (κ2) is 6.74. The van der Waals surface area contributed by atoms with Crippen LogP contribution in [0.15, 0.2) is 18.5 Å². The molecule has 0 saturated heterocycles. The fourth-order valence-corrected chi connectivity index (χ4v) is 1.07. The largest absolute Gasteiger partial charge is 0.396 e. The first-order chi connectivity index (χ1) is 8.09. The quantitative estimate of drug-likeness (QED) is 0.740. The Morgan fingerprint density at radius 3 is 3.00 bits per heavy atom. The Balaban J connectivity index is 2.28. The minimum Gasteiger partial charge on any atom is -0.396 e. The topological polar surface area (TPSA) is 77.2 Å². The van der Waals surface area contributed by atoms with Gasteiger partial charge in [0.1, 0.15) is 6.61 Å². The van der Waals surface area contributed by atoms with Crippen molar-refractivity contribution in [3.8, 4) is 0 Å². The highest BCUT2D eigenvalue weighted by atomic mass is 19.3. The molecule has 0 radical (unpaired) electrons. The van der Waals surface area contributed by atoms with Crippen LogP contribution in [-0.4, -0.2) is 30.5 Å². The van der Waals surface area contributed by atoms with Crippen LogP contribution in [0.3, 0.4) is 0 Å². The Morgan fingerprint density at radius 1 is 1.59 bits per heavy atom. The zero-order valence-corrected chi connectivity index (χ0v) is 9.03. The van der Waals surface area contributed by atoms with E-state index in [-0.39, 0.29) is 18.9 Å². The molecule has 0 aromatic carbocycles. The predicted octanol–water partition coefficient (Wildman–Crippen LogP) is 1.27. The number of nitrogen functional groups attached to an aromatic ring is 1. The van der Waals surface area contributed by atoms with Crippen molar-refractivity contribution in [2.45, 2.75) is 12.8 Å². The molecule has 0 aliphatic rings. The third-order valence-electron chi connectivity index (χ3n) is 1.84. The van der Waals surface area contributed by atoms with Crippen molar-refractivity contribution in [3.63, 3.8) is 0 Å². The lowest BCUT2D eigenvalue weighted by molar-refractivity contribution is -0.117. The van der Waals surface area contributed by atoms with Gasteiger partial charge >= 0.3 is 0 Å². The summed E-state index contributed by atoms with van der Waals surface area (Å²) >= 11 is 0. The zero-order chi connectivity index (χ0) is 12.7. The van der Waals surface area contributed by atoms with Crippen LogP contribution in [0.4, 0.5) is 20.2 Å². The fraction of sp³-hybridized carbons (Fsp3) is 0.400. The van der Waals surface area contributed by atoms with Gasteiger partial charge in [0, 0.05) is 6.20 Å². The number of amides is 1. The van der Waals surface area contributed by atoms with E-state index in [1.165, 1.54) is 12.4 Å². The van der Waals surface area contributed by atoms with Gasteiger partial charge < -0.3 is 15.8 Å². The van der Waals surface area contributed by atoms with Gasteiger partial charge in [0.2, 0.25) is 5.91 Å². The fourth-order valence-electron chi connectivity index (χ4n) is 1.07. The number of hydrogen-bond donors (Lipinski definition) is 2. The van der Waals surface area contributed by atoms with Crippen LogP contribution in [0, 0.1) is 0 Å². The number of carbonyl (C=O) groups excluding carboxylic acids is 1.